The lowest BCUT2D eigenvalue weighted by atomic mass is 9.90. The van der Waals surface area contributed by atoms with Gasteiger partial charge in [-0.2, -0.15) is 0 Å². The van der Waals surface area contributed by atoms with Gasteiger partial charge in [0.05, 0.1) is 6.54 Å². The lowest BCUT2D eigenvalue weighted by Crippen LogP contribution is -2.23. The zero-order chi connectivity index (χ0) is 21.4. The van der Waals surface area contributed by atoms with Crippen LogP contribution in [0.3, 0.4) is 0 Å². The van der Waals surface area contributed by atoms with Crippen LogP contribution >= 0.6 is 11.8 Å². The topological polar surface area (TPSA) is 86.5 Å². The van der Waals surface area contributed by atoms with E-state index in [1.807, 2.05) is 0 Å². The molecule has 2 aromatic rings. The molecule has 1 unspecified atom stereocenters. The van der Waals surface area contributed by atoms with Crippen molar-refractivity contribution >= 4 is 28.6 Å². The van der Waals surface area contributed by atoms with Crippen molar-refractivity contribution < 1.29 is 27.9 Å². The van der Waals surface area contributed by atoms with Gasteiger partial charge in [0, 0.05) is 29.7 Å². The molecule has 0 spiro atoms. The first-order valence-corrected chi connectivity index (χ1v) is 9.85. The van der Waals surface area contributed by atoms with Crippen LogP contribution in [0.15, 0.2) is 42.5 Å². The lowest BCUT2D eigenvalue weighted by molar-refractivity contribution is -0.143. The van der Waals surface area contributed by atoms with Crippen molar-refractivity contribution in [2.24, 2.45) is 11.7 Å². The predicted octanol–water partition coefficient (Wildman–Crippen LogP) is 3.29. The van der Waals surface area contributed by atoms with E-state index in [2.05, 4.69) is 0 Å². The number of hydrogen-bond donors (Lipinski definition) is 1. The molecule has 0 aliphatic rings. The van der Waals surface area contributed by atoms with Gasteiger partial charge in [-0.1, -0.05) is 42.1 Å². The quantitative estimate of drug-likeness (QED) is 0.494. The average molecular weight is 421 g/mol. The molecule has 29 heavy (non-hydrogen) atoms. The summed E-state index contributed by atoms with van der Waals surface area (Å²) in [5, 5.41) is -0.154. The number of carbonyl (C=O) groups is 3. The number of thioether (sulfide) groups is 1. The highest BCUT2D eigenvalue weighted by atomic mass is 32.2. The zero-order valence-electron chi connectivity index (χ0n) is 15.8. The number of Topliss-reactive ketones (excluding diaryl/α,β-unsaturated/α-hetero) is 1. The van der Waals surface area contributed by atoms with Crippen molar-refractivity contribution in [3.8, 4) is 0 Å². The van der Waals surface area contributed by atoms with Crippen molar-refractivity contribution in [3.05, 3.63) is 70.8 Å². The van der Waals surface area contributed by atoms with Gasteiger partial charge in [0.1, 0.15) is 6.61 Å². The summed E-state index contributed by atoms with van der Waals surface area (Å²) in [5.41, 5.74) is 6.51. The van der Waals surface area contributed by atoms with Gasteiger partial charge in [0.25, 0.3) is 0 Å². The van der Waals surface area contributed by atoms with E-state index in [4.69, 9.17) is 10.5 Å². The maximum absolute atomic E-state index is 13.6. The molecular formula is C21H21F2NO4S. The van der Waals surface area contributed by atoms with Crippen LogP contribution in [0.2, 0.25) is 0 Å². The molecule has 2 N–H and O–H groups in total. The van der Waals surface area contributed by atoms with Gasteiger partial charge in [-0.15, -0.1) is 0 Å². The normalized spacial score (nSPS) is 11.7. The predicted molar refractivity (Wildman–Crippen MR) is 106 cm³/mol. The van der Waals surface area contributed by atoms with E-state index in [0.29, 0.717) is 16.7 Å². The molecule has 2 rings (SSSR count). The Balaban J connectivity index is 2.28. The number of nitrogens with two attached hydrogens (primary N) is 1. The summed E-state index contributed by atoms with van der Waals surface area (Å²) in [4.78, 5) is 35.9. The van der Waals surface area contributed by atoms with E-state index in [0.717, 1.165) is 23.9 Å². The number of halogens is 2. The van der Waals surface area contributed by atoms with Crippen molar-refractivity contribution in [1.82, 2.24) is 0 Å². The van der Waals surface area contributed by atoms with E-state index < -0.39 is 23.5 Å². The van der Waals surface area contributed by atoms with Crippen LogP contribution in [0.1, 0.15) is 28.4 Å². The first-order valence-electron chi connectivity index (χ1n) is 8.87. The molecule has 0 aliphatic carbocycles. The Morgan fingerprint density at radius 2 is 1.83 bits per heavy atom. The summed E-state index contributed by atoms with van der Waals surface area (Å²) in [7, 11) is 0. The molecule has 0 heterocycles. The molecule has 1 atom stereocenters. The molecule has 0 saturated carbocycles. The maximum atomic E-state index is 13.6. The van der Waals surface area contributed by atoms with E-state index in [-0.39, 0.29) is 36.2 Å². The second-order valence-corrected chi connectivity index (χ2v) is 7.54. The van der Waals surface area contributed by atoms with Crippen LogP contribution in [0.5, 0.6) is 0 Å². The smallest absolute Gasteiger partial charge is 0.320 e. The number of rotatable bonds is 9. The summed E-state index contributed by atoms with van der Waals surface area (Å²) in [6.07, 6.45) is 0.132. The molecule has 0 saturated heterocycles. The Morgan fingerprint density at radius 1 is 1.10 bits per heavy atom. The molecule has 0 fully saturated rings. The highest BCUT2D eigenvalue weighted by Gasteiger charge is 2.24. The number of carbonyl (C=O) groups excluding carboxylic acids is 3. The molecule has 0 aromatic heterocycles. The minimum absolute atomic E-state index is 0.115. The molecule has 0 aliphatic heterocycles. The van der Waals surface area contributed by atoms with Crippen molar-refractivity contribution in [2.75, 3.05) is 12.3 Å². The number of benzene rings is 2. The highest BCUT2D eigenvalue weighted by molar-refractivity contribution is 8.13. The van der Waals surface area contributed by atoms with E-state index in [1.165, 1.54) is 13.0 Å². The van der Waals surface area contributed by atoms with E-state index in [1.54, 1.807) is 24.3 Å². The van der Waals surface area contributed by atoms with Crippen LogP contribution in [0.25, 0.3) is 0 Å². The Kier molecular flexibility index (Phi) is 8.48. The fourth-order valence-corrected chi connectivity index (χ4v) is 3.43. The summed E-state index contributed by atoms with van der Waals surface area (Å²) < 4.78 is 31.8. The molecule has 154 valence electrons. The van der Waals surface area contributed by atoms with Gasteiger partial charge in [-0.25, -0.2) is 8.78 Å². The number of hydrogen-bond acceptors (Lipinski definition) is 6. The fraction of sp³-hybridized carbons (Fsp3) is 0.286. The van der Waals surface area contributed by atoms with Gasteiger partial charge in [0.2, 0.25) is 0 Å². The van der Waals surface area contributed by atoms with Crippen molar-refractivity contribution in [1.29, 1.82) is 0 Å². The monoisotopic (exact) mass is 421 g/mol. The number of ketones is 1. The number of esters is 1. The lowest BCUT2D eigenvalue weighted by Gasteiger charge is -2.17. The van der Waals surface area contributed by atoms with Gasteiger partial charge >= 0.3 is 5.97 Å². The molecule has 0 amide bonds. The van der Waals surface area contributed by atoms with Crippen LogP contribution in [-0.4, -0.2) is 29.2 Å². The molecule has 0 radical (unpaired) electrons. The first kappa shape index (κ1) is 22.7. The molecule has 2 aromatic carbocycles. The average Bonchev–Trinajstić information content (AvgIpc) is 2.71. The minimum Gasteiger partial charge on any atom is -0.460 e. The van der Waals surface area contributed by atoms with Crippen LogP contribution in [-0.2, 0) is 27.4 Å². The van der Waals surface area contributed by atoms with E-state index in [9.17, 15) is 23.2 Å². The standard InChI is InChI=1S/C21H21F2NO4S/c1-13(25)29-12-16(8-14-6-7-18(22)19(23)9-14)21(27)17-5-3-2-4-15(17)11-28-20(26)10-24/h2-7,9,16H,8,10-12,24H2,1H3. The van der Waals surface area contributed by atoms with Crippen LogP contribution in [0, 0.1) is 17.6 Å². The second kappa shape index (κ2) is 10.8. The summed E-state index contributed by atoms with van der Waals surface area (Å²) >= 11 is 0.987. The molecule has 8 heteroatoms. The zero-order valence-corrected chi connectivity index (χ0v) is 16.6. The summed E-state index contributed by atoms with van der Waals surface area (Å²) in [6, 6.07) is 10.1. The van der Waals surface area contributed by atoms with Gasteiger partial charge in [-0.3, -0.25) is 14.4 Å². The highest BCUT2D eigenvalue weighted by Crippen LogP contribution is 2.23. The SMILES string of the molecule is CC(=O)SCC(Cc1ccc(F)c(F)c1)C(=O)c1ccccc1COC(=O)CN. The Morgan fingerprint density at radius 3 is 2.48 bits per heavy atom. The Hall–Kier alpha value is -2.58. The van der Waals surface area contributed by atoms with E-state index >= 15 is 0 Å². The first-order chi connectivity index (χ1) is 13.8. The van der Waals surface area contributed by atoms with Crippen LogP contribution < -0.4 is 5.73 Å². The Bertz CT molecular complexity index is 904. The van der Waals surface area contributed by atoms with Crippen molar-refractivity contribution in [3.63, 3.8) is 0 Å². The summed E-state index contributed by atoms with van der Waals surface area (Å²) in [5.74, 6) is -3.31. The molecular weight excluding hydrogens is 400 g/mol. The van der Waals surface area contributed by atoms with Gasteiger partial charge in [0.15, 0.2) is 22.5 Å². The third-order valence-corrected chi connectivity index (χ3v) is 5.14. The molecule has 5 nitrogen and oxygen atoms in total. The van der Waals surface area contributed by atoms with Gasteiger partial charge in [-0.05, 0) is 24.1 Å². The maximum Gasteiger partial charge on any atom is 0.320 e. The van der Waals surface area contributed by atoms with Crippen molar-refractivity contribution in [2.45, 2.75) is 20.0 Å². The fourth-order valence-electron chi connectivity index (χ4n) is 2.72. The third-order valence-electron chi connectivity index (χ3n) is 4.16. The second-order valence-electron chi connectivity index (χ2n) is 6.34. The number of ether oxygens (including phenoxy) is 1. The minimum atomic E-state index is -0.998. The largest absolute Gasteiger partial charge is 0.460 e. The Labute approximate surface area is 171 Å². The summed E-state index contributed by atoms with van der Waals surface area (Å²) in [6.45, 7) is 1.00. The molecule has 0 bridgehead atoms. The van der Waals surface area contributed by atoms with Crippen LogP contribution in [0.4, 0.5) is 8.78 Å². The van der Waals surface area contributed by atoms with Gasteiger partial charge < -0.3 is 10.5 Å². The third kappa shape index (κ3) is 6.76.